The molecule has 1 aliphatic carbocycles. The third-order valence-corrected chi connectivity index (χ3v) is 7.08. The Morgan fingerprint density at radius 3 is 2.76 bits per heavy atom. The van der Waals surface area contributed by atoms with Gasteiger partial charge in [0.2, 0.25) is 11.9 Å². The molecule has 37 heavy (non-hydrogen) atoms. The zero-order valence-electron chi connectivity index (χ0n) is 20.4. The number of anilines is 2. The van der Waals surface area contributed by atoms with Crippen molar-refractivity contribution < 1.29 is 9.53 Å². The number of amides is 1. The standard InChI is InChI=1S/C26H27ClN8O2/c1-37-23-22(29-15-30-24(23)27)18-4-5-19-20(13-18)32-26(31-19)33-21-12-16(6-7-28-21)14-34-8-10-35(11-9-34)25(36)17-2-3-17/h4-7,12-13,15,17H,2-3,8-11,14H2,1H3,(H2,28,31,32,33). The van der Waals surface area contributed by atoms with E-state index in [-0.39, 0.29) is 5.15 Å². The monoisotopic (exact) mass is 518 g/mol. The number of nitrogens with zero attached hydrogens (tertiary/aromatic N) is 6. The minimum Gasteiger partial charge on any atom is -0.491 e. The topological polar surface area (TPSA) is 112 Å². The number of rotatable bonds is 7. The number of pyridine rings is 1. The van der Waals surface area contributed by atoms with Crippen LogP contribution in [-0.4, -0.2) is 73.9 Å². The predicted molar refractivity (Wildman–Crippen MR) is 141 cm³/mol. The van der Waals surface area contributed by atoms with E-state index < -0.39 is 0 Å². The second-order valence-corrected chi connectivity index (χ2v) is 9.77. The maximum atomic E-state index is 12.3. The maximum Gasteiger partial charge on any atom is 0.225 e. The summed E-state index contributed by atoms with van der Waals surface area (Å²) >= 11 is 6.17. The van der Waals surface area contributed by atoms with Crippen molar-refractivity contribution in [2.24, 2.45) is 5.92 Å². The highest BCUT2D eigenvalue weighted by Crippen LogP contribution is 2.34. The number of aromatic amines is 1. The Kier molecular flexibility index (Phi) is 6.35. The molecule has 1 aliphatic heterocycles. The Hall–Kier alpha value is -3.76. The number of carbonyl (C=O) groups excluding carboxylic acids is 1. The molecule has 0 atom stereocenters. The smallest absolute Gasteiger partial charge is 0.225 e. The van der Waals surface area contributed by atoms with Crippen molar-refractivity contribution in [2.75, 3.05) is 38.6 Å². The summed E-state index contributed by atoms with van der Waals surface area (Å²) in [5, 5.41) is 3.55. The molecule has 3 aromatic heterocycles. The third kappa shape index (κ3) is 5.07. The summed E-state index contributed by atoms with van der Waals surface area (Å²) in [6, 6.07) is 9.85. The second kappa shape index (κ2) is 9.95. The number of ether oxygens (including phenoxy) is 1. The van der Waals surface area contributed by atoms with E-state index in [1.807, 2.05) is 35.2 Å². The summed E-state index contributed by atoms with van der Waals surface area (Å²) < 4.78 is 5.40. The van der Waals surface area contributed by atoms with Crippen LogP contribution in [0.15, 0.2) is 42.9 Å². The van der Waals surface area contributed by atoms with E-state index in [1.54, 1.807) is 13.3 Å². The largest absolute Gasteiger partial charge is 0.491 e. The molecule has 1 amide bonds. The van der Waals surface area contributed by atoms with Crippen LogP contribution in [0.5, 0.6) is 5.75 Å². The molecule has 2 N–H and O–H groups in total. The van der Waals surface area contributed by atoms with E-state index in [1.165, 1.54) is 6.33 Å². The van der Waals surface area contributed by atoms with Crippen molar-refractivity contribution in [3.8, 4) is 17.0 Å². The maximum absolute atomic E-state index is 12.3. The fraction of sp³-hybridized carbons (Fsp3) is 0.346. The Morgan fingerprint density at radius 2 is 1.97 bits per heavy atom. The van der Waals surface area contributed by atoms with Gasteiger partial charge >= 0.3 is 0 Å². The highest BCUT2D eigenvalue weighted by atomic mass is 35.5. The lowest BCUT2D eigenvalue weighted by Gasteiger charge is -2.34. The number of H-pyrrole nitrogens is 1. The van der Waals surface area contributed by atoms with Gasteiger partial charge in [0, 0.05) is 50.4 Å². The number of fused-ring (bicyclic) bond motifs is 1. The summed E-state index contributed by atoms with van der Waals surface area (Å²) in [5.74, 6) is 2.37. The minimum absolute atomic E-state index is 0.263. The molecule has 0 radical (unpaired) electrons. The fourth-order valence-corrected chi connectivity index (χ4v) is 4.90. The first-order valence-corrected chi connectivity index (χ1v) is 12.7. The quantitative estimate of drug-likeness (QED) is 0.354. The van der Waals surface area contributed by atoms with E-state index in [0.717, 1.165) is 67.7 Å². The van der Waals surface area contributed by atoms with Gasteiger partial charge in [-0.2, -0.15) is 0 Å². The molecule has 0 unspecified atom stereocenters. The first-order chi connectivity index (χ1) is 18.1. The van der Waals surface area contributed by atoms with Crippen LogP contribution in [-0.2, 0) is 11.3 Å². The molecular weight excluding hydrogens is 492 g/mol. The molecular formula is C26H27ClN8O2. The van der Waals surface area contributed by atoms with E-state index in [4.69, 9.17) is 16.3 Å². The Morgan fingerprint density at radius 1 is 1.14 bits per heavy atom. The first kappa shape index (κ1) is 23.6. The number of hydrogen-bond acceptors (Lipinski definition) is 8. The fourth-order valence-electron chi connectivity index (χ4n) is 4.69. The lowest BCUT2D eigenvalue weighted by Crippen LogP contribution is -2.48. The van der Waals surface area contributed by atoms with Crippen molar-refractivity contribution in [3.05, 3.63) is 53.6 Å². The van der Waals surface area contributed by atoms with Gasteiger partial charge in [0.1, 0.15) is 17.8 Å². The first-order valence-electron chi connectivity index (χ1n) is 12.3. The number of carbonyl (C=O) groups is 1. The second-order valence-electron chi connectivity index (χ2n) is 9.41. The summed E-state index contributed by atoms with van der Waals surface area (Å²) in [5.41, 5.74) is 4.25. The van der Waals surface area contributed by atoms with Gasteiger partial charge in [0.05, 0.1) is 18.1 Å². The van der Waals surface area contributed by atoms with Crippen LogP contribution >= 0.6 is 11.6 Å². The molecule has 0 bridgehead atoms. The van der Waals surface area contributed by atoms with Gasteiger partial charge in [-0.1, -0.05) is 17.7 Å². The SMILES string of the molecule is COc1c(Cl)ncnc1-c1ccc2nc(Nc3cc(CN4CCN(C(=O)C5CC5)CC4)ccn3)[nH]c2c1. The van der Waals surface area contributed by atoms with Crippen LogP contribution in [0, 0.1) is 5.92 Å². The molecule has 4 aromatic rings. The van der Waals surface area contributed by atoms with Gasteiger partial charge in [0.25, 0.3) is 0 Å². The Labute approximate surface area is 219 Å². The van der Waals surface area contributed by atoms with E-state index in [0.29, 0.717) is 35.0 Å². The van der Waals surface area contributed by atoms with Crippen molar-refractivity contribution in [2.45, 2.75) is 19.4 Å². The van der Waals surface area contributed by atoms with Crippen LogP contribution in [0.1, 0.15) is 18.4 Å². The Bertz CT molecular complexity index is 1450. The number of halogens is 1. The molecule has 190 valence electrons. The van der Waals surface area contributed by atoms with Crippen molar-refractivity contribution in [3.63, 3.8) is 0 Å². The molecule has 2 aliphatic rings. The average molecular weight is 519 g/mol. The van der Waals surface area contributed by atoms with Crippen LogP contribution < -0.4 is 10.1 Å². The van der Waals surface area contributed by atoms with E-state index in [2.05, 4.69) is 35.1 Å². The van der Waals surface area contributed by atoms with Gasteiger partial charge in [-0.3, -0.25) is 9.69 Å². The summed E-state index contributed by atoms with van der Waals surface area (Å²) in [4.78, 5) is 37.5. The van der Waals surface area contributed by atoms with Gasteiger partial charge in [-0.15, -0.1) is 0 Å². The van der Waals surface area contributed by atoms with Crippen LogP contribution in [0.3, 0.4) is 0 Å². The lowest BCUT2D eigenvalue weighted by molar-refractivity contribution is -0.134. The molecule has 1 aromatic carbocycles. The molecule has 2 fully saturated rings. The number of benzene rings is 1. The highest BCUT2D eigenvalue weighted by Gasteiger charge is 2.34. The zero-order chi connectivity index (χ0) is 25.4. The molecule has 1 saturated carbocycles. The van der Waals surface area contributed by atoms with Crippen LogP contribution in [0.2, 0.25) is 5.15 Å². The van der Waals surface area contributed by atoms with E-state index in [9.17, 15) is 4.79 Å². The number of aromatic nitrogens is 5. The Balaban J connectivity index is 1.13. The van der Waals surface area contributed by atoms with Gasteiger partial charge < -0.3 is 19.9 Å². The number of nitrogens with one attached hydrogen (secondary N) is 2. The van der Waals surface area contributed by atoms with Gasteiger partial charge in [-0.05, 0) is 42.7 Å². The summed E-state index contributed by atoms with van der Waals surface area (Å²) in [7, 11) is 1.54. The molecule has 1 saturated heterocycles. The average Bonchev–Trinajstić information content (AvgIpc) is 3.68. The number of piperazine rings is 1. The normalized spacial score (nSPS) is 16.2. The molecule has 11 heteroatoms. The summed E-state index contributed by atoms with van der Waals surface area (Å²) in [6.45, 7) is 4.20. The lowest BCUT2D eigenvalue weighted by atomic mass is 10.1. The number of hydrogen-bond donors (Lipinski definition) is 2. The molecule has 10 nitrogen and oxygen atoms in total. The predicted octanol–water partition coefficient (Wildman–Crippen LogP) is 3.87. The number of methoxy groups -OCH3 is 1. The molecule has 4 heterocycles. The highest BCUT2D eigenvalue weighted by molar-refractivity contribution is 6.31. The number of imidazole rings is 1. The minimum atomic E-state index is 0.263. The van der Waals surface area contributed by atoms with Crippen molar-refractivity contribution in [1.29, 1.82) is 0 Å². The van der Waals surface area contributed by atoms with Crippen LogP contribution in [0.4, 0.5) is 11.8 Å². The van der Waals surface area contributed by atoms with Crippen LogP contribution in [0.25, 0.3) is 22.3 Å². The van der Waals surface area contributed by atoms with Gasteiger partial charge in [-0.25, -0.2) is 19.9 Å². The van der Waals surface area contributed by atoms with Crippen molar-refractivity contribution >= 4 is 40.3 Å². The zero-order valence-corrected chi connectivity index (χ0v) is 21.2. The van der Waals surface area contributed by atoms with Gasteiger partial charge in [0.15, 0.2) is 10.9 Å². The molecule has 6 rings (SSSR count). The van der Waals surface area contributed by atoms with E-state index >= 15 is 0 Å². The van der Waals surface area contributed by atoms with Crippen molar-refractivity contribution in [1.82, 2.24) is 34.7 Å². The molecule has 0 spiro atoms. The third-order valence-electron chi connectivity index (χ3n) is 6.81. The summed E-state index contributed by atoms with van der Waals surface area (Å²) in [6.07, 6.45) is 5.33.